The fourth-order valence-corrected chi connectivity index (χ4v) is 3.46. The van der Waals surface area contributed by atoms with Crippen LogP contribution in [0.15, 0.2) is 64.9 Å². The number of carbonyl (C=O) groups is 2. The normalized spacial score (nSPS) is 10.3. The lowest BCUT2D eigenvalue weighted by molar-refractivity contribution is -0.115. The number of thioether (sulfide) groups is 1. The van der Waals surface area contributed by atoms with Crippen LogP contribution in [0.3, 0.4) is 0 Å². The fourth-order valence-electron chi connectivity index (χ4n) is 2.26. The molecule has 132 valence electrons. The Labute approximate surface area is 159 Å². The van der Waals surface area contributed by atoms with Crippen molar-refractivity contribution in [1.82, 2.24) is 10.3 Å². The van der Waals surface area contributed by atoms with Crippen LogP contribution >= 0.6 is 23.1 Å². The van der Waals surface area contributed by atoms with E-state index in [1.807, 2.05) is 54.1 Å². The number of nitrogens with zero attached hydrogens (tertiary/aromatic N) is 1. The summed E-state index contributed by atoms with van der Waals surface area (Å²) in [6.07, 6.45) is 1.95. The van der Waals surface area contributed by atoms with Gasteiger partial charge in [-0.3, -0.25) is 9.59 Å². The van der Waals surface area contributed by atoms with Crippen LogP contribution in [-0.2, 0) is 4.79 Å². The van der Waals surface area contributed by atoms with Gasteiger partial charge in [-0.05, 0) is 24.5 Å². The molecule has 0 atom stereocenters. The van der Waals surface area contributed by atoms with Gasteiger partial charge >= 0.3 is 0 Å². The minimum atomic E-state index is -0.312. The van der Waals surface area contributed by atoms with E-state index in [2.05, 4.69) is 15.6 Å². The standard InChI is InChI=1S/C19H17N3O2S2/c1-25-15-9-5-8-14(10-15)18(24)20-11-17(23)22-19-21-16(12-26-19)13-6-3-2-4-7-13/h2-10,12H,11H2,1H3,(H,20,24)(H,21,22,23). The van der Waals surface area contributed by atoms with E-state index in [1.54, 1.807) is 23.9 Å². The maximum atomic E-state index is 12.1. The summed E-state index contributed by atoms with van der Waals surface area (Å²) in [5.41, 5.74) is 2.33. The second-order valence-electron chi connectivity index (χ2n) is 5.37. The SMILES string of the molecule is CSc1cccc(C(=O)NCC(=O)Nc2nc(-c3ccccc3)cs2)c1. The highest BCUT2D eigenvalue weighted by Crippen LogP contribution is 2.24. The molecule has 7 heteroatoms. The highest BCUT2D eigenvalue weighted by atomic mass is 32.2. The fraction of sp³-hybridized carbons (Fsp3) is 0.105. The first-order chi connectivity index (χ1) is 12.7. The summed E-state index contributed by atoms with van der Waals surface area (Å²) in [5.74, 6) is -0.589. The number of anilines is 1. The number of benzene rings is 2. The molecule has 0 bridgehead atoms. The Morgan fingerprint density at radius 3 is 2.69 bits per heavy atom. The molecular weight excluding hydrogens is 366 g/mol. The summed E-state index contributed by atoms with van der Waals surface area (Å²) in [6.45, 7) is -0.109. The summed E-state index contributed by atoms with van der Waals surface area (Å²) in [6, 6.07) is 17.0. The van der Waals surface area contributed by atoms with Gasteiger partial charge in [0.2, 0.25) is 5.91 Å². The molecule has 3 rings (SSSR count). The highest BCUT2D eigenvalue weighted by molar-refractivity contribution is 7.98. The highest BCUT2D eigenvalue weighted by Gasteiger charge is 2.11. The van der Waals surface area contributed by atoms with Gasteiger partial charge in [0.05, 0.1) is 12.2 Å². The van der Waals surface area contributed by atoms with E-state index >= 15 is 0 Å². The van der Waals surface area contributed by atoms with E-state index in [9.17, 15) is 9.59 Å². The maximum absolute atomic E-state index is 12.1. The van der Waals surface area contributed by atoms with Crippen LogP contribution in [0.2, 0.25) is 0 Å². The molecule has 0 saturated carbocycles. The van der Waals surface area contributed by atoms with Gasteiger partial charge < -0.3 is 10.6 Å². The number of thiazole rings is 1. The lowest BCUT2D eigenvalue weighted by atomic mass is 10.2. The van der Waals surface area contributed by atoms with Gasteiger partial charge in [-0.25, -0.2) is 4.98 Å². The van der Waals surface area contributed by atoms with Crippen molar-refractivity contribution in [2.45, 2.75) is 4.90 Å². The molecule has 0 saturated heterocycles. The molecule has 1 aromatic heterocycles. The topological polar surface area (TPSA) is 71.1 Å². The van der Waals surface area contributed by atoms with Crippen molar-refractivity contribution in [3.63, 3.8) is 0 Å². The van der Waals surface area contributed by atoms with E-state index in [4.69, 9.17) is 0 Å². The molecule has 0 spiro atoms. The molecule has 2 N–H and O–H groups in total. The van der Waals surface area contributed by atoms with Crippen molar-refractivity contribution in [2.75, 3.05) is 18.1 Å². The predicted molar refractivity (Wildman–Crippen MR) is 107 cm³/mol. The van der Waals surface area contributed by atoms with Crippen LogP contribution in [0.4, 0.5) is 5.13 Å². The first-order valence-corrected chi connectivity index (χ1v) is 9.99. The quantitative estimate of drug-likeness (QED) is 0.633. The molecule has 0 unspecified atom stereocenters. The molecule has 2 amide bonds. The largest absolute Gasteiger partial charge is 0.343 e. The van der Waals surface area contributed by atoms with Gasteiger partial charge in [-0.2, -0.15) is 0 Å². The van der Waals surface area contributed by atoms with Gasteiger partial charge in [0.15, 0.2) is 5.13 Å². The van der Waals surface area contributed by atoms with Gasteiger partial charge in [0.1, 0.15) is 0 Å². The Morgan fingerprint density at radius 1 is 1.12 bits per heavy atom. The summed E-state index contributed by atoms with van der Waals surface area (Å²) in [4.78, 5) is 29.6. The number of hydrogen-bond acceptors (Lipinski definition) is 5. The third-order valence-electron chi connectivity index (χ3n) is 3.56. The number of aromatic nitrogens is 1. The second kappa shape index (κ2) is 8.64. The van der Waals surface area contributed by atoms with Crippen LogP contribution in [0.1, 0.15) is 10.4 Å². The Balaban J connectivity index is 1.54. The van der Waals surface area contributed by atoms with E-state index in [0.29, 0.717) is 10.7 Å². The van der Waals surface area contributed by atoms with Crippen molar-refractivity contribution in [3.05, 3.63) is 65.5 Å². The second-order valence-corrected chi connectivity index (χ2v) is 7.10. The van der Waals surface area contributed by atoms with Gasteiger partial charge in [0.25, 0.3) is 5.91 Å². The number of nitrogens with one attached hydrogen (secondary N) is 2. The molecule has 0 aliphatic heterocycles. The number of hydrogen-bond donors (Lipinski definition) is 2. The zero-order valence-corrected chi connectivity index (χ0v) is 15.7. The minimum absolute atomic E-state index is 0.109. The first kappa shape index (κ1) is 18.2. The van der Waals surface area contributed by atoms with Gasteiger partial charge in [0, 0.05) is 21.4 Å². The lowest BCUT2D eigenvalue weighted by Gasteiger charge is -2.06. The summed E-state index contributed by atoms with van der Waals surface area (Å²) < 4.78 is 0. The van der Waals surface area contributed by atoms with Crippen molar-refractivity contribution in [3.8, 4) is 11.3 Å². The molecule has 1 heterocycles. The Morgan fingerprint density at radius 2 is 1.92 bits per heavy atom. The smallest absolute Gasteiger partial charge is 0.251 e. The number of carbonyl (C=O) groups excluding carboxylic acids is 2. The number of amides is 2. The van der Waals surface area contributed by atoms with Gasteiger partial charge in [-0.15, -0.1) is 23.1 Å². The predicted octanol–water partition coefficient (Wildman–Crippen LogP) is 3.90. The zero-order valence-electron chi connectivity index (χ0n) is 14.1. The maximum Gasteiger partial charge on any atom is 0.251 e. The molecule has 2 aromatic carbocycles. The van der Waals surface area contributed by atoms with Crippen LogP contribution in [0.25, 0.3) is 11.3 Å². The number of rotatable bonds is 6. The molecule has 26 heavy (non-hydrogen) atoms. The molecule has 0 radical (unpaired) electrons. The van der Waals surface area contributed by atoms with E-state index in [0.717, 1.165) is 16.2 Å². The summed E-state index contributed by atoms with van der Waals surface area (Å²) in [7, 11) is 0. The zero-order chi connectivity index (χ0) is 18.4. The Kier molecular flexibility index (Phi) is 6.04. The van der Waals surface area contributed by atoms with E-state index < -0.39 is 0 Å². The van der Waals surface area contributed by atoms with Crippen LogP contribution in [0.5, 0.6) is 0 Å². The minimum Gasteiger partial charge on any atom is -0.343 e. The van der Waals surface area contributed by atoms with Crippen molar-refractivity contribution >= 4 is 40.0 Å². The van der Waals surface area contributed by atoms with E-state index in [1.165, 1.54) is 11.3 Å². The van der Waals surface area contributed by atoms with E-state index in [-0.39, 0.29) is 18.4 Å². The molecule has 0 aliphatic carbocycles. The third kappa shape index (κ3) is 4.71. The third-order valence-corrected chi connectivity index (χ3v) is 5.04. The molecule has 5 nitrogen and oxygen atoms in total. The van der Waals surface area contributed by atoms with Crippen molar-refractivity contribution in [2.24, 2.45) is 0 Å². The van der Waals surface area contributed by atoms with Crippen molar-refractivity contribution < 1.29 is 9.59 Å². The average molecular weight is 383 g/mol. The van der Waals surface area contributed by atoms with Crippen LogP contribution in [0, 0.1) is 0 Å². The molecule has 3 aromatic rings. The summed E-state index contributed by atoms with van der Waals surface area (Å²) in [5, 5.41) is 7.73. The summed E-state index contributed by atoms with van der Waals surface area (Å²) >= 11 is 2.91. The Hall–Kier alpha value is -2.64. The molecule has 0 aliphatic rings. The van der Waals surface area contributed by atoms with Crippen LogP contribution in [-0.4, -0.2) is 29.6 Å². The van der Waals surface area contributed by atoms with Crippen molar-refractivity contribution in [1.29, 1.82) is 0 Å². The Bertz CT molecular complexity index is 910. The van der Waals surface area contributed by atoms with Crippen LogP contribution < -0.4 is 10.6 Å². The monoisotopic (exact) mass is 383 g/mol. The lowest BCUT2D eigenvalue weighted by Crippen LogP contribution is -2.32. The molecular formula is C19H17N3O2S2. The molecule has 0 fully saturated rings. The van der Waals surface area contributed by atoms with Gasteiger partial charge in [-0.1, -0.05) is 36.4 Å². The first-order valence-electron chi connectivity index (χ1n) is 7.89. The average Bonchev–Trinajstić information content (AvgIpc) is 3.15.